The van der Waals surface area contributed by atoms with Gasteiger partial charge < -0.3 is 0 Å². The molecule has 0 N–H and O–H groups in total. The van der Waals surface area contributed by atoms with Crippen LogP contribution in [0.3, 0.4) is 0 Å². The van der Waals surface area contributed by atoms with Crippen LogP contribution in [0.1, 0.15) is 41.5 Å². The smallest absolute Gasteiger partial charge is 0.142 e. The van der Waals surface area contributed by atoms with Crippen molar-refractivity contribution in [3.8, 4) is 0 Å². The minimum absolute atomic E-state index is 0.180. The van der Waals surface area contributed by atoms with Crippen molar-refractivity contribution in [2.45, 2.75) is 44.8 Å². The molecule has 2 aliphatic rings. The Hall–Kier alpha value is -1.52. The van der Waals surface area contributed by atoms with E-state index in [2.05, 4.69) is 14.9 Å². The quantitative estimate of drug-likeness (QED) is 0.842. The molecule has 0 amide bonds. The van der Waals surface area contributed by atoms with E-state index in [0.29, 0.717) is 12.1 Å². The van der Waals surface area contributed by atoms with Crippen molar-refractivity contribution in [2.75, 3.05) is 0 Å². The van der Waals surface area contributed by atoms with E-state index in [4.69, 9.17) is 11.6 Å². The second-order valence-corrected chi connectivity index (χ2v) is 6.60. The molecule has 0 aliphatic carbocycles. The van der Waals surface area contributed by atoms with Gasteiger partial charge in [-0.05, 0) is 37.5 Å². The lowest BCUT2D eigenvalue weighted by molar-refractivity contribution is 0.166. The van der Waals surface area contributed by atoms with E-state index in [1.807, 2.05) is 19.2 Å². The van der Waals surface area contributed by atoms with Crippen LogP contribution < -0.4 is 0 Å². The van der Waals surface area contributed by atoms with Crippen LogP contribution in [0.4, 0.5) is 4.39 Å². The maximum atomic E-state index is 13.7. The molecule has 5 heteroatoms. The summed E-state index contributed by atoms with van der Waals surface area (Å²) in [4.78, 5) is 11.4. The highest BCUT2D eigenvalue weighted by Gasteiger charge is 2.40. The predicted octanol–water partition coefficient (Wildman–Crippen LogP) is 3.84. The average Bonchev–Trinajstić information content (AvgIpc) is 2.76. The van der Waals surface area contributed by atoms with E-state index in [0.717, 1.165) is 37.2 Å². The topological polar surface area (TPSA) is 29.0 Å². The second kappa shape index (κ2) is 5.28. The minimum Gasteiger partial charge on any atom is -0.289 e. The largest absolute Gasteiger partial charge is 0.289 e. The highest BCUT2D eigenvalue weighted by molar-refractivity contribution is 6.30. The Kier molecular flexibility index (Phi) is 3.39. The highest BCUT2D eigenvalue weighted by atomic mass is 35.5. The minimum atomic E-state index is -0.345. The van der Waals surface area contributed by atoms with E-state index in [1.165, 1.54) is 11.3 Å². The van der Waals surface area contributed by atoms with Crippen LogP contribution in [0, 0.1) is 12.7 Å². The zero-order valence-corrected chi connectivity index (χ0v) is 13.1. The first-order valence-electron chi connectivity index (χ1n) is 7.64. The average molecular weight is 318 g/mol. The number of hydrogen-bond acceptors (Lipinski definition) is 3. The van der Waals surface area contributed by atoms with Crippen LogP contribution in [0.5, 0.6) is 0 Å². The molecule has 0 spiro atoms. The van der Waals surface area contributed by atoms with Crippen LogP contribution in [0.15, 0.2) is 24.4 Å². The monoisotopic (exact) mass is 317 g/mol. The summed E-state index contributed by atoms with van der Waals surface area (Å²) < 4.78 is 13.7. The van der Waals surface area contributed by atoms with Crippen molar-refractivity contribution in [1.29, 1.82) is 0 Å². The molecular formula is C17H17ClFN3. The summed E-state index contributed by atoms with van der Waals surface area (Å²) in [7, 11) is 0. The molecule has 2 atom stereocenters. The van der Waals surface area contributed by atoms with Crippen molar-refractivity contribution in [3.05, 3.63) is 57.9 Å². The Balaban J connectivity index is 1.64. The van der Waals surface area contributed by atoms with Gasteiger partial charge in [-0.3, -0.25) is 4.90 Å². The molecule has 1 saturated heterocycles. The zero-order valence-electron chi connectivity index (χ0n) is 12.4. The number of aryl methyl sites for hydroxylation is 1. The first-order valence-corrected chi connectivity index (χ1v) is 8.01. The van der Waals surface area contributed by atoms with Gasteiger partial charge in [-0.1, -0.05) is 17.7 Å². The normalized spacial score (nSPS) is 23.6. The molecule has 2 bridgehead atoms. The first-order chi connectivity index (χ1) is 10.6. The predicted molar refractivity (Wildman–Crippen MR) is 83.2 cm³/mol. The fourth-order valence-electron chi connectivity index (χ4n) is 3.77. The maximum absolute atomic E-state index is 13.7. The Bertz CT molecular complexity index is 734. The maximum Gasteiger partial charge on any atom is 0.142 e. The van der Waals surface area contributed by atoms with Crippen LogP contribution in [-0.4, -0.2) is 20.9 Å². The molecule has 2 aromatic rings. The Morgan fingerprint density at radius 3 is 3.05 bits per heavy atom. The summed E-state index contributed by atoms with van der Waals surface area (Å²) in [5, 5.41) is 0.180. The van der Waals surface area contributed by atoms with Gasteiger partial charge in [-0.15, -0.1) is 0 Å². The third kappa shape index (κ3) is 2.31. The Labute approximate surface area is 134 Å². The zero-order chi connectivity index (χ0) is 15.3. The van der Waals surface area contributed by atoms with E-state index in [1.54, 1.807) is 12.1 Å². The molecule has 22 heavy (non-hydrogen) atoms. The molecule has 2 aliphatic heterocycles. The molecule has 1 aromatic carbocycles. The lowest BCUT2D eigenvalue weighted by atomic mass is 9.98. The van der Waals surface area contributed by atoms with Crippen molar-refractivity contribution in [3.63, 3.8) is 0 Å². The standard InChI is InChI=1S/C17H17ClFN3/c1-10-20-8-13-16(21-10)7-12-3-5-17(13)22(12)9-11-2-4-14(18)15(19)6-11/h2,4,6,8,12,17H,3,5,7,9H2,1H3/t12-,17+/m1/s1. The summed E-state index contributed by atoms with van der Waals surface area (Å²) in [6.45, 7) is 2.68. The second-order valence-electron chi connectivity index (χ2n) is 6.19. The lowest BCUT2D eigenvalue weighted by Gasteiger charge is -2.35. The van der Waals surface area contributed by atoms with E-state index in [9.17, 15) is 4.39 Å². The Morgan fingerprint density at radius 1 is 1.36 bits per heavy atom. The van der Waals surface area contributed by atoms with Gasteiger partial charge in [0.25, 0.3) is 0 Å². The molecule has 3 heterocycles. The highest BCUT2D eigenvalue weighted by Crippen LogP contribution is 2.43. The molecule has 0 unspecified atom stereocenters. The molecule has 114 valence electrons. The lowest BCUT2D eigenvalue weighted by Crippen LogP contribution is -2.37. The van der Waals surface area contributed by atoms with Gasteiger partial charge >= 0.3 is 0 Å². The van der Waals surface area contributed by atoms with Crippen LogP contribution in [-0.2, 0) is 13.0 Å². The summed E-state index contributed by atoms with van der Waals surface area (Å²) in [5.41, 5.74) is 3.41. The number of rotatable bonds is 2. The van der Waals surface area contributed by atoms with Gasteiger partial charge in [-0.2, -0.15) is 0 Å². The van der Waals surface area contributed by atoms with Gasteiger partial charge in [0.15, 0.2) is 0 Å². The number of halogens is 2. The summed E-state index contributed by atoms with van der Waals surface area (Å²) in [6, 6.07) is 5.94. The number of nitrogens with zero attached hydrogens (tertiary/aromatic N) is 3. The summed E-state index contributed by atoms with van der Waals surface area (Å²) in [6.07, 6.45) is 5.22. The van der Waals surface area contributed by atoms with Gasteiger partial charge in [0.1, 0.15) is 11.6 Å². The molecule has 0 radical (unpaired) electrons. The third-order valence-electron chi connectivity index (χ3n) is 4.80. The van der Waals surface area contributed by atoms with Crippen molar-refractivity contribution in [2.24, 2.45) is 0 Å². The first kappa shape index (κ1) is 14.1. The van der Waals surface area contributed by atoms with E-state index in [-0.39, 0.29) is 10.8 Å². The molecule has 0 saturated carbocycles. The number of hydrogen-bond donors (Lipinski definition) is 0. The molecule has 1 aromatic heterocycles. The molecule has 3 nitrogen and oxygen atoms in total. The fourth-order valence-corrected chi connectivity index (χ4v) is 3.89. The fraction of sp³-hybridized carbons (Fsp3) is 0.412. The van der Waals surface area contributed by atoms with Crippen LogP contribution >= 0.6 is 11.6 Å². The van der Waals surface area contributed by atoms with E-state index < -0.39 is 0 Å². The van der Waals surface area contributed by atoms with Gasteiger partial charge in [-0.25, -0.2) is 14.4 Å². The van der Waals surface area contributed by atoms with Crippen LogP contribution in [0.2, 0.25) is 5.02 Å². The molecule has 4 rings (SSSR count). The molecular weight excluding hydrogens is 301 g/mol. The number of benzene rings is 1. The summed E-state index contributed by atoms with van der Waals surface area (Å²) in [5.74, 6) is 0.495. The van der Waals surface area contributed by atoms with Crippen molar-refractivity contribution < 1.29 is 4.39 Å². The van der Waals surface area contributed by atoms with Crippen molar-refractivity contribution in [1.82, 2.24) is 14.9 Å². The van der Waals surface area contributed by atoms with Gasteiger partial charge in [0.05, 0.1) is 10.7 Å². The van der Waals surface area contributed by atoms with E-state index >= 15 is 0 Å². The molecule has 1 fully saturated rings. The van der Waals surface area contributed by atoms with Crippen LogP contribution in [0.25, 0.3) is 0 Å². The van der Waals surface area contributed by atoms with Gasteiger partial charge in [0, 0.05) is 36.8 Å². The van der Waals surface area contributed by atoms with Crippen molar-refractivity contribution >= 4 is 11.6 Å². The summed E-state index contributed by atoms with van der Waals surface area (Å²) >= 11 is 5.77. The Morgan fingerprint density at radius 2 is 2.23 bits per heavy atom. The third-order valence-corrected chi connectivity index (χ3v) is 5.11. The number of aromatic nitrogens is 2. The van der Waals surface area contributed by atoms with Gasteiger partial charge in [0.2, 0.25) is 0 Å². The SMILES string of the molecule is Cc1ncc2c(n1)C[C@H]1CC[C@@H]2N1Cc1ccc(Cl)c(F)c1. The number of fused-ring (bicyclic) bond motifs is 4.